The van der Waals surface area contributed by atoms with Gasteiger partial charge >= 0.3 is 0 Å². The van der Waals surface area contributed by atoms with Crippen molar-refractivity contribution >= 4 is 28.7 Å². The topological polar surface area (TPSA) is 115 Å². The summed E-state index contributed by atoms with van der Waals surface area (Å²) in [5, 5.41) is 22.7. The summed E-state index contributed by atoms with van der Waals surface area (Å²) in [5.41, 5.74) is 5.72. The molecule has 2 aliphatic rings. The summed E-state index contributed by atoms with van der Waals surface area (Å²) in [5.74, 6) is 0.414. The van der Waals surface area contributed by atoms with Crippen molar-refractivity contribution < 1.29 is 4.79 Å². The van der Waals surface area contributed by atoms with Gasteiger partial charge in [0.2, 0.25) is 5.91 Å². The molecule has 0 bridgehead atoms. The van der Waals surface area contributed by atoms with Gasteiger partial charge in [0.1, 0.15) is 5.65 Å². The molecule has 182 valence electrons. The quantitative estimate of drug-likeness (QED) is 0.394. The van der Waals surface area contributed by atoms with E-state index < -0.39 is 6.04 Å². The van der Waals surface area contributed by atoms with E-state index in [1.54, 1.807) is 17.4 Å². The van der Waals surface area contributed by atoms with E-state index in [0.29, 0.717) is 36.9 Å². The molecule has 1 unspecified atom stereocenters. The fourth-order valence-electron chi connectivity index (χ4n) is 4.60. The predicted molar refractivity (Wildman–Crippen MR) is 132 cm³/mol. The lowest BCUT2D eigenvalue weighted by Gasteiger charge is -2.12. The number of halogens is 1. The Kier molecular flexibility index (Phi) is 5.77. The zero-order valence-electron chi connectivity index (χ0n) is 19.5. The second kappa shape index (κ2) is 9.24. The van der Waals surface area contributed by atoms with Gasteiger partial charge in [-0.05, 0) is 48.4 Å². The van der Waals surface area contributed by atoms with E-state index in [2.05, 4.69) is 43.4 Å². The van der Waals surface area contributed by atoms with Crippen LogP contribution in [0.25, 0.3) is 11.2 Å². The molecule has 1 fully saturated rings. The molecule has 1 amide bonds. The Hall–Kier alpha value is -3.97. The number of aromatic nitrogens is 4. The number of nitrogens with zero attached hydrogens (tertiary/aromatic N) is 8. The van der Waals surface area contributed by atoms with Gasteiger partial charge in [0.05, 0.1) is 48.9 Å². The van der Waals surface area contributed by atoms with E-state index in [0.717, 1.165) is 28.1 Å². The Labute approximate surface area is 212 Å². The summed E-state index contributed by atoms with van der Waals surface area (Å²) in [6.45, 7) is 1.11. The fraction of sp³-hybridized carbons (Fsp3) is 0.360. The fourth-order valence-corrected chi connectivity index (χ4v) is 4.76. The van der Waals surface area contributed by atoms with Crippen LogP contribution in [-0.4, -0.2) is 42.3 Å². The number of nitrogens with one attached hydrogen (secondary N) is 1. The molecule has 36 heavy (non-hydrogen) atoms. The highest BCUT2D eigenvalue weighted by Gasteiger charge is 2.28. The lowest BCUT2D eigenvalue weighted by Crippen LogP contribution is -2.36. The first-order valence-electron chi connectivity index (χ1n) is 12.0. The third-order valence-corrected chi connectivity index (χ3v) is 6.85. The summed E-state index contributed by atoms with van der Waals surface area (Å²) < 4.78 is 3.92. The lowest BCUT2D eigenvalue weighted by atomic mass is 10.1. The minimum absolute atomic E-state index is 0.202. The van der Waals surface area contributed by atoms with Gasteiger partial charge in [0.15, 0.2) is 6.04 Å². The largest absolute Gasteiger partial charge is 0.348 e. The molecule has 1 aliphatic heterocycles. The number of hydrogen-bond acceptors (Lipinski definition) is 7. The van der Waals surface area contributed by atoms with E-state index in [9.17, 15) is 4.79 Å². The lowest BCUT2D eigenvalue weighted by molar-refractivity contribution is -0.122. The third kappa shape index (κ3) is 4.50. The molecular weight excluding hydrogens is 478 g/mol. The van der Waals surface area contributed by atoms with Crippen molar-refractivity contribution in [2.75, 3.05) is 6.54 Å². The maximum atomic E-state index is 12.7. The highest BCUT2D eigenvalue weighted by Crippen LogP contribution is 2.40. The second-order valence-corrected chi connectivity index (χ2v) is 9.75. The number of amides is 1. The number of fused-ring (bicyclic) bond motifs is 2. The van der Waals surface area contributed by atoms with Gasteiger partial charge in [0.25, 0.3) is 0 Å². The number of aryl methyl sites for hydroxylation is 1. The van der Waals surface area contributed by atoms with Crippen molar-refractivity contribution in [1.82, 2.24) is 29.1 Å². The zero-order valence-corrected chi connectivity index (χ0v) is 20.3. The molecule has 6 rings (SSSR count). The van der Waals surface area contributed by atoms with Crippen molar-refractivity contribution in [3.05, 3.63) is 70.7 Å². The summed E-state index contributed by atoms with van der Waals surface area (Å²) in [6.07, 6.45) is 11.3. The first-order valence-corrected chi connectivity index (χ1v) is 12.4. The standard InChI is InChI=1S/C25H24ClN9O/c26-19-5-7-33-15-29-21(23(33)9-19)10-28-25(36)22-14-35(32-31-22)13-20-12-34-11-18(16-3-4-16)8-17(2-1-6-27)24(34)30-20/h5,7-9,11-12,15-16,22H,1-4,10,13-14H2,(H,28,36). The molecule has 10 nitrogen and oxygen atoms in total. The highest BCUT2D eigenvalue weighted by atomic mass is 35.5. The summed E-state index contributed by atoms with van der Waals surface area (Å²) in [6, 6.07) is 7.45. The first kappa shape index (κ1) is 22.5. The SMILES string of the molecule is N#CCCc1cc(C2CC2)cn2cc(CN3CC(C(=O)NCc4ncn5ccc(Cl)cc45)N=N3)nc12. The Morgan fingerprint density at radius 2 is 2.14 bits per heavy atom. The van der Waals surface area contributed by atoms with Gasteiger partial charge in [-0.15, -0.1) is 0 Å². The number of imidazole rings is 2. The van der Waals surface area contributed by atoms with Crippen molar-refractivity contribution in [3.8, 4) is 6.07 Å². The summed E-state index contributed by atoms with van der Waals surface area (Å²) >= 11 is 6.10. The van der Waals surface area contributed by atoms with Crippen LogP contribution in [0.3, 0.4) is 0 Å². The van der Waals surface area contributed by atoms with E-state index in [1.807, 2.05) is 22.9 Å². The summed E-state index contributed by atoms with van der Waals surface area (Å²) in [7, 11) is 0. The normalized spacial score (nSPS) is 17.2. The van der Waals surface area contributed by atoms with E-state index in [1.165, 1.54) is 18.4 Å². The van der Waals surface area contributed by atoms with Crippen LogP contribution < -0.4 is 5.32 Å². The van der Waals surface area contributed by atoms with Crippen molar-refractivity contribution in [3.63, 3.8) is 0 Å². The average Bonchev–Trinajstić information content (AvgIpc) is 3.29. The zero-order chi connectivity index (χ0) is 24.6. The van der Waals surface area contributed by atoms with Crippen LogP contribution >= 0.6 is 11.6 Å². The minimum Gasteiger partial charge on any atom is -0.348 e. The molecule has 4 aromatic rings. The monoisotopic (exact) mass is 501 g/mol. The number of carbonyl (C=O) groups excluding carboxylic acids is 1. The molecule has 1 aliphatic carbocycles. The van der Waals surface area contributed by atoms with Gasteiger partial charge in [0, 0.05) is 30.0 Å². The van der Waals surface area contributed by atoms with Gasteiger partial charge in [-0.2, -0.15) is 10.4 Å². The molecule has 1 atom stereocenters. The van der Waals surface area contributed by atoms with Gasteiger partial charge in [-0.25, -0.2) is 9.97 Å². The van der Waals surface area contributed by atoms with Crippen molar-refractivity contribution in [1.29, 1.82) is 5.26 Å². The van der Waals surface area contributed by atoms with Crippen LogP contribution in [0.15, 0.2) is 53.5 Å². The van der Waals surface area contributed by atoms with Crippen LogP contribution in [0.5, 0.6) is 0 Å². The van der Waals surface area contributed by atoms with Crippen molar-refractivity contribution in [2.45, 2.75) is 50.7 Å². The molecule has 1 N–H and O–H groups in total. The number of rotatable bonds is 8. The maximum Gasteiger partial charge on any atom is 0.249 e. The highest BCUT2D eigenvalue weighted by molar-refractivity contribution is 6.30. The smallest absolute Gasteiger partial charge is 0.249 e. The van der Waals surface area contributed by atoms with Gasteiger partial charge < -0.3 is 14.1 Å². The minimum atomic E-state index is -0.591. The Balaban J connectivity index is 1.10. The molecule has 1 saturated carbocycles. The van der Waals surface area contributed by atoms with E-state index in [4.69, 9.17) is 21.8 Å². The van der Waals surface area contributed by atoms with E-state index >= 15 is 0 Å². The van der Waals surface area contributed by atoms with Crippen LogP contribution in [0, 0.1) is 11.3 Å². The number of carbonyl (C=O) groups is 1. The molecule has 5 heterocycles. The first-order chi connectivity index (χ1) is 17.6. The molecule has 0 spiro atoms. The molecule has 4 aromatic heterocycles. The molecule has 0 aromatic carbocycles. The second-order valence-electron chi connectivity index (χ2n) is 9.31. The molecule has 11 heteroatoms. The molecule has 0 saturated heterocycles. The van der Waals surface area contributed by atoms with Crippen LogP contribution in [0.1, 0.15) is 47.7 Å². The number of pyridine rings is 2. The van der Waals surface area contributed by atoms with E-state index in [-0.39, 0.29) is 12.5 Å². The van der Waals surface area contributed by atoms with Crippen molar-refractivity contribution in [2.24, 2.45) is 10.3 Å². The average molecular weight is 502 g/mol. The Bertz CT molecular complexity index is 1530. The third-order valence-electron chi connectivity index (χ3n) is 6.61. The number of hydrogen-bond donors (Lipinski definition) is 1. The summed E-state index contributed by atoms with van der Waals surface area (Å²) in [4.78, 5) is 21.9. The van der Waals surface area contributed by atoms with Gasteiger partial charge in [-0.3, -0.25) is 9.80 Å². The van der Waals surface area contributed by atoms with Crippen LogP contribution in [0.2, 0.25) is 5.02 Å². The Morgan fingerprint density at radius 1 is 1.25 bits per heavy atom. The molecule has 0 radical (unpaired) electrons. The number of nitriles is 1. The Morgan fingerprint density at radius 3 is 2.97 bits per heavy atom. The van der Waals surface area contributed by atoms with Gasteiger partial charge in [-0.1, -0.05) is 22.9 Å². The predicted octanol–water partition coefficient (Wildman–Crippen LogP) is 3.84. The van der Waals surface area contributed by atoms with Crippen LogP contribution in [0.4, 0.5) is 0 Å². The molecular formula is C25H24ClN9O. The maximum absolute atomic E-state index is 12.7. The van der Waals surface area contributed by atoms with Crippen LogP contribution in [-0.2, 0) is 24.3 Å².